The van der Waals surface area contributed by atoms with Gasteiger partial charge in [0.2, 0.25) is 0 Å². The molecule has 1 aromatic carbocycles. The summed E-state index contributed by atoms with van der Waals surface area (Å²) in [7, 11) is 0. The highest BCUT2D eigenvalue weighted by Crippen LogP contribution is 2.43. The second-order valence-corrected chi connectivity index (χ2v) is 8.78. The summed E-state index contributed by atoms with van der Waals surface area (Å²) in [6.07, 6.45) is 2.92. The number of aromatic nitrogens is 1. The van der Waals surface area contributed by atoms with E-state index in [1.165, 1.54) is 28.6 Å². The van der Waals surface area contributed by atoms with Crippen LogP contribution in [0, 0.1) is 0 Å². The number of carbonyl (C=O) groups excluding carboxylic acids is 3. The monoisotopic (exact) mass is 462 g/mol. The van der Waals surface area contributed by atoms with E-state index in [1.807, 2.05) is 17.5 Å². The molecule has 0 aliphatic carbocycles. The maximum absolute atomic E-state index is 13.1. The second-order valence-electron chi connectivity index (χ2n) is 7.80. The van der Waals surface area contributed by atoms with Gasteiger partial charge in [-0.1, -0.05) is 18.2 Å². The molecule has 1 aliphatic heterocycles. The SMILES string of the molecule is CC(C)OC(=O)Cc1ccc(N2C(=O)C(=O)/C(=C(\O)c3ccncc3)C2c2cccs2)cc1. The van der Waals surface area contributed by atoms with E-state index >= 15 is 0 Å². The third kappa shape index (κ3) is 4.56. The minimum absolute atomic E-state index is 0.0261. The molecule has 1 fully saturated rings. The van der Waals surface area contributed by atoms with E-state index in [9.17, 15) is 19.5 Å². The van der Waals surface area contributed by atoms with E-state index < -0.39 is 17.7 Å². The lowest BCUT2D eigenvalue weighted by Gasteiger charge is -2.24. The Morgan fingerprint density at radius 1 is 1.12 bits per heavy atom. The average molecular weight is 463 g/mol. The molecule has 8 heteroatoms. The van der Waals surface area contributed by atoms with Gasteiger partial charge >= 0.3 is 5.97 Å². The Labute approximate surface area is 195 Å². The molecule has 1 amide bonds. The highest BCUT2D eigenvalue weighted by molar-refractivity contribution is 7.10. The van der Waals surface area contributed by atoms with E-state index in [0.29, 0.717) is 11.3 Å². The molecule has 0 radical (unpaired) electrons. The van der Waals surface area contributed by atoms with Gasteiger partial charge in [0.05, 0.1) is 18.1 Å². The Balaban J connectivity index is 1.73. The first-order chi connectivity index (χ1) is 15.9. The van der Waals surface area contributed by atoms with Crippen LogP contribution < -0.4 is 4.90 Å². The molecule has 3 aromatic rings. The molecule has 1 unspecified atom stereocenters. The summed E-state index contributed by atoms with van der Waals surface area (Å²) >= 11 is 1.39. The van der Waals surface area contributed by atoms with Crippen molar-refractivity contribution < 1.29 is 24.2 Å². The van der Waals surface area contributed by atoms with Gasteiger partial charge in [0.1, 0.15) is 11.8 Å². The standard InChI is InChI=1S/C25H22N2O5S/c1-15(2)32-20(28)14-16-5-7-18(8-6-16)27-22(19-4-3-13-33-19)21(24(30)25(27)31)23(29)17-9-11-26-12-10-17/h3-13,15,22,29H,14H2,1-2H3/b23-21-. The van der Waals surface area contributed by atoms with Gasteiger partial charge in [-0.2, -0.15) is 0 Å². The molecule has 1 atom stereocenters. The minimum Gasteiger partial charge on any atom is -0.507 e. The van der Waals surface area contributed by atoms with Gasteiger partial charge < -0.3 is 9.84 Å². The quantitative estimate of drug-likeness (QED) is 0.254. The van der Waals surface area contributed by atoms with Crippen LogP contribution in [0.15, 0.2) is 71.9 Å². The van der Waals surface area contributed by atoms with Crippen molar-refractivity contribution in [3.63, 3.8) is 0 Å². The van der Waals surface area contributed by atoms with Gasteiger partial charge in [0.15, 0.2) is 0 Å². The van der Waals surface area contributed by atoms with Crippen LogP contribution in [0.5, 0.6) is 0 Å². The molecule has 4 rings (SSSR count). The molecule has 168 valence electrons. The molecule has 1 saturated heterocycles. The van der Waals surface area contributed by atoms with Crippen LogP contribution in [0.3, 0.4) is 0 Å². The number of hydrogen-bond acceptors (Lipinski definition) is 7. The van der Waals surface area contributed by atoms with E-state index in [4.69, 9.17) is 4.74 Å². The summed E-state index contributed by atoms with van der Waals surface area (Å²) in [6, 6.07) is 12.9. The largest absolute Gasteiger partial charge is 0.507 e. The zero-order valence-corrected chi connectivity index (χ0v) is 18.9. The topological polar surface area (TPSA) is 96.8 Å². The van der Waals surface area contributed by atoms with E-state index in [2.05, 4.69) is 4.98 Å². The zero-order chi connectivity index (χ0) is 23.5. The summed E-state index contributed by atoms with van der Waals surface area (Å²) in [5.41, 5.74) is 1.65. The summed E-state index contributed by atoms with van der Waals surface area (Å²) in [5, 5.41) is 12.8. The van der Waals surface area contributed by atoms with Crippen LogP contribution in [0.4, 0.5) is 5.69 Å². The fourth-order valence-corrected chi connectivity index (χ4v) is 4.55. The third-order valence-electron chi connectivity index (χ3n) is 5.14. The van der Waals surface area contributed by atoms with Crippen LogP contribution in [0.2, 0.25) is 0 Å². The molecular formula is C25H22N2O5S. The number of amides is 1. The van der Waals surface area contributed by atoms with Gasteiger partial charge in [-0.3, -0.25) is 24.3 Å². The molecule has 33 heavy (non-hydrogen) atoms. The summed E-state index contributed by atoms with van der Waals surface area (Å²) in [5.74, 6) is -2.07. The highest BCUT2D eigenvalue weighted by Gasteiger charge is 2.47. The Bertz CT molecular complexity index is 1200. The van der Waals surface area contributed by atoms with Crippen molar-refractivity contribution in [1.29, 1.82) is 0 Å². The Morgan fingerprint density at radius 3 is 2.42 bits per heavy atom. The normalized spacial score (nSPS) is 17.5. The predicted molar refractivity (Wildman–Crippen MR) is 125 cm³/mol. The summed E-state index contributed by atoms with van der Waals surface area (Å²) in [4.78, 5) is 44.2. The van der Waals surface area contributed by atoms with Crippen molar-refractivity contribution in [1.82, 2.24) is 4.98 Å². The number of pyridine rings is 1. The summed E-state index contributed by atoms with van der Waals surface area (Å²) < 4.78 is 5.18. The molecule has 1 aliphatic rings. The minimum atomic E-state index is -0.769. The van der Waals surface area contributed by atoms with E-state index in [-0.39, 0.29) is 29.8 Å². The first kappa shape index (κ1) is 22.4. The second kappa shape index (κ2) is 9.38. The molecule has 2 aromatic heterocycles. The van der Waals surface area contributed by atoms with Crippen LogP contribution >= 0.6 is 11.3 Å². The molecular weight excluding hydrogens is 440 g/mol. The van der Waals surface area contributed by atoms with Crippen molar-refractivity contribution >= 4 is 40.4 Å². The average Bonchev–Trinajstić information content (AvgIpc) is 3.41. The number of carbonyl (C=O) groups is 3. The van der Waals surface area contributed by atoms with E-state index in [1.54, 1.807) is 50.2 Å². The number of benzene rings is 1. The van der Waals surface area contributed by atoms with Gasteiger partial charge in [0.25, 0.3) is 11.7 Å². The number of aliphatic hydroxyl groups is 1. The van der Waals surface area contributed by atoms with Gasteiger partial charge in [-0.05, 0) is 55.1 Å². The van der Waals surface area contributed by atoms with Crippen molar-refractivity contribution in [3.05, 3.63) is 87.9 Å². The lowest BCUT2D eigenvalue weighted by molar-refractivity contribution is -0.146. The first-order valence-electron chi connectivity index (χ1n) is 10.4. The van der Waals surface area contributed by atoms with E-state index in [0.717, 1.165) is 10.4 Å². The van der Waals surface area contributed by atoms with Crippen LogP contribution in [-0.4, -0.2) is 33.9 Å². The molecule has 0 bridgehead atoms. The Hall–Kier alpha value is -3.78. The third-order valence-corrected chi connectivity index (χ3v) is 6.07. The number of hydrogen-bond donors (Lipinski definition) is 1. The number of ketones is 1. The number of Topliss-reactive ketones (excluding diaryl/α,β-unsaturated/α-hetero) is 1. The maximum Gasteiger partial charge on any atom is 0.310 e. The van der Waals surface area contributed by atoms with Crippen LogP contribution in [0.25, 0.3) is 5.76 Å². The lowest BCUT2D eigenvalue weighted by Crippen LogP contribution is -2.29. The maximum atomic E-state index is 13.1. The number of esters is 1. The van der Waals surface area contributed by atoms with Crippen molar-refractivity contribution in [2.24, 2.45) is 0 Å². The number of ether oxygens (including phenoxy) is 1. The number of rotatable bonds is 6. The lowest BCUT2D eigenvalue weighted by atomic mass is 10.00. The van der Waals surface area contributed by atoms with Gasteiger partial charge in [0, 0.05) is 28.5 Å². The zero-order valence-electron chi connectivity index (χ0n) is 18.1. The van der Waals surface area contributed by atoms with Crippen molar-refractivity contribution in [3.8, 4) is 0 Å². The summed E-state index contributed by atoms with van der Waals surface area (Å²) in [6.45, 7) is 3.57. The van der Waals surface area contributed by atoms with Crippen molar-refractivity contribution in [2.45, 2.75) is 32.4 Å². The molecule has 3 heterocycles. The number of aliphatic hydroxyl groups excluding tert-OH is 1. The number of thiophene rings is 1. The first-order valence-corrected chi connectivity index (χ1v) is 11.3. The molecule has 7 nitrogen and oxygen atoms in total. The smallest absolute Gasteiger partial charge is 0.310 e. The van der Waals surface area contributed by atoms with Gasteiger partial charge in [-0.25, -0.2) is 0 Å². The molecule has 1 N–H and O–H groups in total. The van der Waals surface area contributed by atoms with Gasteiger partial charge in [-0.15, -0.1) is 11.3 Å². The molecule has 0 spiro atoms. The fraction of sp³-hybridized carbons (Fsp3) is 0.200. The fourth-order valence-electron chi connectivity index (χ4n) is 3.73. The Kier molecular flexibility index (Phi) is 6.37. The highest BCUT2D eigenvalue weighted by atomic mass is 32.1. The molecule has 0 saturated carbocycles. The van der Waals surface area contributed by atoms with Crippen LogP contribution in [-0.2, 0) is 25.5 Å². The number of anilines is 1. The Morgan fingerprint density at radius 2 is 1.82 bits per heavy atom. The van der Waals surface area contributed by atoms with Crippen LogP contribution in [0.1, 0.15) is 35.9 Å². The predicted octanol–water partition coefficient (Wildman–Crippen LogP) is 4.26. The van der Waals surface area contributed by atoms with Crippen molar-refractivity contribution in [2.75, 3.05) is 4.90 Å². The number of nitrogens with zero attached hydrogens (tertiary/aromatic N) is 2.